The Kier molecular flexibility index (Phi) is 5.73. The Morgan fingerprint density at radius 3 is 2.52 bits per heavy atom. The van der Waals surface area contributed by atoms with E-state index >= 15 is 0 Å². The van der Waals surface area contributed by atoms with Crippen molar-refractivity contribution < 1.29 is 14.7 Å². The molecule has 4 rings (SSSR count). The predicted octanol–water partition coefficient (Wildman–Crippen LogP) is 1.03. The smallest absolute Gasteiger partial charge is 0.270 e. The minimum atomic E-state index is -0.652. The number of nitrogens with zero attached hydrogens (tertiary/aromatic N) is 5. The van der Waals surface area contributed by atoms with Crippen molar-refractivity contribution in [3.05, 3.63) is 44.6 Å². The second kappa shape index (κ2) is 8.38. The van der Waals surface area contributed by atoms with Crippen LogP contribution in [0.1, 0.15) is 64.4 Å². The van der Waals surface area contributed by atoms with Crippen molar-refractivity contribution in [1.29, 1.82) is 0 Å². The normalized spacial score (nSPS) is 13.6. The molecule has 0 unspecified atom stereocenters. The molecule has 33 heavy (non-hydrogen) atoms. The Morgan fingerprint density at radius 2 is 1.94 bits per heavy atom. The van der Waals surface area contributed by atoms with Gasteiger partial charge in [0, 0.05) is 37.4 Å². The molecule has 1 fully saturated rings. The molecule has 3 N–H and O–H groups in total. The third-order valence-electron chi connectivity index (χ3n) is 5.90. The molecule has 3 heterocycles. The number of carbonyl (C=O) groups is 2. The summed E-state index contributed by atoms with van der Waals surface area (Å²) in [5.74, 6) is -1.62. The first-order chi connectivity index (χ1) is 15.6. The van der Waals surface area contributed by atoms with Gasteiger partial charge in [-0.3, -0.25) is 23.6 Å². The molecule has 3 aromatic rings. The summed E-state index contributed by atoms with van der Waals surface area (Å²) < 4.78 is 4.18. The highest BCUT2D eigenvalue weighted by atomic mass is 16.3. The van der Waals surface area contributed by atoms with Crippen LogP contribution in [0.4, 0.5) is 0 Å². The zero-order chi connectivity index (χ0) is 24.0. The number of aromatic hydroxyl groups is 1. The molecule has 1 saturated carbocycles. The molecule has 2 amide bonds. The van der Waals surface area contributed by atoms with Crippen LogP contribution in [0.5, 0.6) is 5.88 Å². The maximum Gasteiger partial charge on any atom is 0.270 e. The number of rotatable bonds is 7. The number of aromatic nitrogens is 5. The largest absolute Gasteiger partial charge is 0.492 e. The quantitative estimate of drug-likeness (QED) is 0.487. The standard InChI is InChI=1S/C22H29N7O4/c1-11(2)10-28-20-16(18(30)23-8-15-12(3)26-27(5)13(15)4)9-24-29(20)22(33)17(21(28)32)19(31)25-14-6-7-14/h9,11,14,33H,6-8,10H2,1-5H3,(H,23,30)(H,25,31). The predicted molar refractivity (Wildman–Crippen MR) is 120 cm³/mol. The highest BCUT2D eigenvalue weighted by Crippen LogP contribution is 2.23. The van der Waals surface area contributed by atoms with Crippen molar-refractivity contribution in [3.8, 4) is 5.88 Å². The first kappa shape index (κ1) is 22.6. The number of carbonyl (C=O) groups excluding carboxylic acids is 2. The van der Waals surface area contributed by atoms with Gasteiger partial charge in [-0.1, -0.05) is 13.8 Å². The van der Waals surface area contributed by atoms with Gasteiger partial charge in [0.2, 0.25) is 5.88 Å². The van der Waals surface area contributed by atoms with Gasteiger partial charge in [-0.2, -0.15) is 14.7 Å². The molecular weight excluding hydrogens is 426 g/mol. The molecule has 1 aliphatic rings. The molecule has 3 aromatic heterocycles. The topological polar surface area (TPSA) is 136 Å². The van der Waals surface area contributed by atoms with Crippen LogP contribution in [-0.4, -0.2) is 46.9 Å². The van der Waals surface area contributed by atoms with Gasteiger partial charge < -0.3 is 15.7 Å². The van der Waals surface area contributed by atoms with Crippen molar-refractivity contribution in [3.63, 3.8) is 0 Å². The maximum atomic E-state index is 13.3. The van der Waals surface area contributed by atoms with Crippen molar-refractivity contribution in [2.45, 2.75) is 59.7 Å². The summed E-state index contributed by atoms with van der Waals surface area (Å²) in [6, 6.07) is 0.0175. The summed E-state index contributed by atoms with van der Waals surface area (Å²) in [6.45, 7) is 8.14. The Hall–Kier alpha value is -3.63. The van der Waals surface area contributed by atoms with Gasteiger partial charge in [0.25, 0.3) is 17.4 Å². The van der Waals surface area contributed by atoms with Crippen LogP contribution in [-0.2, 0) is 20.1 Å². The Balaban J connectivity index is 1.75. The number of fused-ring (bicyclic) bond motifs is 1. The molecule has 11 heteroatoms. The van der Waals surface area contributed by atoms with Crippen LogP contribution in [0, 0.1) is 19.8 Å². The highest BCUT2D eigenvalue weighted by molar-refractivity contribution is 6.01. The SMILES string of the molecule is Cc1nn(C)c(C)c1CNC(=O)c1cnn2c(O)c(C(=O)NC3CC3)c(=O)n(CC(C)C)c12. The molecule has 0 saturated heterocycles. The molecule has 0 aliphatic heterocycles. The average molecular weight is 456 g/mol. The number of hydrogen-bond donors (Lipinski definition) is 3. The zero-order valence-electron chi connectivity index (χ0n) is 19.5. The van der Waals surface area contributed by atoms with E-state index < -0.39 is 23.3 Å². The highest BCUT2D eigenvalue weighted by Gasteiger charge is 2.30. The van der Waals surface area contributed by atoms with Gasteiger partial charge in [0.1, 0.15) is 5.56 Å². The number of nitrogens with one attached hydrogen (secondary N) is 2. The fraction of sp³-hybridized carbons (Fsp3) is 0.500. The lowest BCUT2D eigenvalue weighted by Gasteiger charge is -2.15. The number of hydrogen-bond acceptors (Lipinski definition) is 6. The van der Waals surface area contributed by atoms with E-state index in [1.165, 1.54) is 10.8 Å². The molecular formula is C22H29N7O4. The molecule has 0 spiro atoms. The molecule has 176 valence electrons. The van der Waals surface area contributed by atoms with Crippen LogP contribution in [0.25, 0.3) is 5.65 Å². The Labute approximate surface area is 190 Å². The van der Waals surface area contributed by atoms with Gasteiger partial charge in [-0.25, -0.2) is 0 Å². The first-order valence-corrected chi connectivity index (χ1v) is 11.0. The molecule has 0 radical (unpaired) electrons. The monoisotopic (exact) mass is 455 g/mol. The van der Waals surface area contributed by atoms with E-state index in [2.05, 4.69) is 20.8 Å². The average Bonchev–Trinajstić information content (AvgIpc) is 3.37. The second-order valence-corrected chi connectivity index (χ2v) is 9.01. The Bertz CT molecular complexity index is 1310. The third-order valence-corrected chi connectivity index (χ3v) is 5.90. The third kappa shape index (κ3) is 4.10. The molecule has 0 atom stereocenters. The van der Waals surface area contributed by atoms with E-state index in [1.54, 1.807) is 4.68 Å². The van der Waals surface area contributed by atoms with E-state index in [0.717, 1.165) is 34.3 Å². The van der Waals surface area contributed by atoms with Crippen molar-refractivity contribution >= 4 is 17.5 Å². The minimum Gasteiger partial charge on any atom is -0.492 e. The fourth-order valence-corrected chi connectivity index (χ4v) is 3.91. The van der Waals surface area contributed by atoms with E-state index in [4.69, 9.17) is 0 Å². The molecule has 0 bridgehead atoms. The summed E-state index contributed by atoms with van der Waals surface area (Å²) in [4.78, 5) is 39.0. The van der Waals surface area contributed by atoms with Gasteiger partial charge in [0.15, 0.2) is 11.2 Å². The summed E-state index contributed by atoms with van der Waals surface area (Å²) in [5, 5.41) is 24.8. The van der Waals surface area contributed by atoms with Gasteiger partial charge >= 0.3 is 0 Å². The van der Waals surface area contributed by atoms with Crippen molar-refractivity contribution in [2.75, 3.05) is 0 Å². The van der Waals surface area contributed by atoms with Crippen molar-refractivity contribution in [1.82, 2.24) is 34.6 Å². The molecule has 0 aromatic carbocycles. The maximum absolute atomic E-state index is 13.3. The van der Waals surface area contributed by atoms with Crippen LogP contribution in [0.2, 0.25) is 0 Å². The van der Waals surface area contributed by atoms with E-state index in [0.29, 0.717) is 0 Å². The van der Waals surface area contributed by atoms with E-state index in [1.807, 2.05) is 34.7 Å². The lowest BCUT2D eigenvalue weighted by Crippen LogP contribution is -2.36. The first-order valence-electron chi connectivity index (χ1n) is 11.0. The summed E-state index contributed by atoms with van der Waals surface area (Å²) in [7, 11) is 1.84. The molecule has 11 nitrogen and oxygen atoms in total. The lowest BCUT2D eigenvalue weighted by molar-refractivity contribution is 0.0940. The fourth-order valence-electron chi connectivity index (χ4n) is 3.91. The minimum absolute atomic E-state index is 0.0175. The van der Waals surface area contributed by atoms with E-state index in [-0.39, 0.29) is 41.8 Å². The van der Waals surface area contributed by atoms with Gasteiger partial charge in [0.05, 0.1) is 11.9 Å². The van der Waals surface area contributed by atoms with Gasteiger partial charge in [-0.05, 0) is 32.6 Å². The van der Waals surface area contributed by atoms with Crippen LogP contribution >= 0.6 is 0 Å². The van der Waals surface area contributed by atoms with Crippen LogP contribution in [0.3, 0.4) is 0 Å². The Morgan fingerprint density at radius 1 is 1.24 bits per heavy atom. The van der Waals surface area contributed by atoms with Crippen LogP contribution in [0.15, 0.2) is 11.0 Å². The molecule has 1 aliphatic carbocycles. The van der Waals surface area contributed by atoms with Crippen LogP contribution < -0.4 is 16.2 Å². The summed E-state index contributed by atoms with van der Waals surface area (Å²) in [6.07, 6.45) is 2.99. The zero-order valence-corrected chi connectivity index (χ0v) is 19.5. The van der Waals surface area contributed by atoms with Gasteiger partial charge in [-0.15, -0.1) is 0 Å². The summed E-state index contributed by atoms with van der Waals surface area (Å²) >= 11 is 0. The second-order valence-electron chi connectivity index (χ2n) is 9.01. The number of amides is 2. The lowest BCUT2D eigenvalue weighted by atomic mass is 10.2. The summed E-state index contributed by atoms with van der Waals surface area (Å²) in [5.41, 5.74) is 1.92. The van der Waals surface area contributed by atoms with Crippen molar-refractivity contribution in [2.24, 2.45) is 13.0 Å². The van der Waals surface area contributed by atoms with E-state index in [9.17, 15) is 19.5 Å². The number of aryl methyl sites for hydroxylation is 2.